The second-order valence-corrected chi connectivity index (χ2v) is 5.99. The lowest BCUT2D eigenvalue weighted by Gasteiger charge is -2.07. The minimum Gasteiger partial charge on any atom is -0.497 e. The molecule has 0 amide bonds. The Balaban J connectivity index is 2.27. The zero-order valence-corrected chi connectivity index (χ0v) is 14.9. The number of hydrogen-bond donors (Lipinski definition) is 2. The zero-order chi connectivity index (χ0) is 18.1. The number of aliphatic imine (C=N–C) groups is 2. The van der Waals surface area contributed by atoms with E-state index < -0.39 is 0 Å². The number of nitrogens with two attached hydrogens (primary N) is 1. The fourth-order valence-corrected chi connectivity index (χ4v) is 2.84. The summed E-state index contributed by atoms with van der Waals surface area (Å²) in [5.74, 6) is 1.79. The van der Waals surface area contributed by atoms with Crippen LogP contribution in [0.1, 0.15) is 25.5 Å². The fourth-order valence-electron chi connectivity index (χ4n) is 2.84. The molecule has 0 atom stereocenters. The van der Waals surface area contributed by atoms with Crippen LogP contribution in [0.4, 0.5) is 5.82 Å². The molecule has 0 saturated heterocycles. The van der Waals surface area contributed by atoms with Gasteiger partial charge in [0.2, 0.25) is 0 Å². The van der Waals surface area contributed by atoms with E-state index in [9.17, 15) is 0 Å². The van der Waals surface area contributed by atoms with Crippen LogP contribution in [0.25, 0.3) is 22.3 Å². The number of hydrogen-bond acceptors (Lipinski definition) is 4. The van der Waals surface area contributed by atoms with Gasteiger partial charge in [0.15, 0.2) is 5.82 Å². The molecule has 130 valence electrons. The lowest BCUT2D eigenvalue weighted by molar-refractivity contribution is 0.415. The van der Waals surface area contributed by atoms with Gasteiger partial charge in [-0.15, -0.1) is 0 Å². The van der Waals surface area contributed by atoms with Gasteiger partial charge in [0.25, 0.3) is 0 Å². The summed E-state index contributed by atoms with van der Waals surface area (Å²) >= 11 is 0. The molecule has 0 aliphatic carbocycles. The van der Waals surface area contributed by atoms with Crippen molar-refractivity contribution in [2.24, 2.45) is 15.7 Å². The number of fused-ring (bicyclic) bond motifs is 1. The quantitative estimate of drug-likeness (QED) is 0.552. The van der Waals surface area contributed by atoms with Gasteiger partial charge in [0, 0.05) is 24.0 Å². The van der Waals surface area contributed by atoms with Crippen molar-refractivity contribution in [2.45, 2.75) is 19.9 Å². The minimum absolute atomic E-state index is 0.113. The summed E-state index contributed by atoms with van der Waals surface area (Å²) in [6, 6.07) is 7.99. The van der Waals surface area contributed by atoms with Crippen LogP contribution >= 0.6 is 0 Å². The molecular weight excluding hydrogens is 316 g/mol. The normalized spacial score (nSPS) is 12.1. The van der Waals surface area contributed by atoms with Crippen molar-refractivity contribution in [2.75, 3.05) is 14.2 Å². The SMILES string of the molecule is C=Nc1c(C(N)=NC)c(-c2cc3cc(OC)ccc3[nH]2)nn1C(C)C. The monoisotopic (exact) mass is 338 g/mol. The van der Waals surface area contributed by atoms with E-state index in [1.165, 1.54) is 0 Å². The zero-order valence-electron chi connectivity index (χ0n) is 14.9. The van der Waals surface area contributed by atoms with Crippen LogP contribution in [0, 0.1) is 0 Å². The Kier molecular flexibility index (Phi) is 4.31. The lowest BCUT2D eigenvalue weighted by Crippen LogP contribution is -2.14. The van der Waals surface area contributed by atoms with E-state index in [1.54, 1.807) is 14.2 Å². The van der Waals surface area contributed by atoms with Crippen LogP contribution in [0.5, 0.6) is 5.75 Å². The third-order valence-electron chi connectivity index (χ3n) is 4.10. The Morgan fingerprint density at radius 2 is 2.12 bits per heavy atom. The molecule has 0 spiro atoms. The van der Waals surface area contributed by atoms with Gasteiger partial charge in [0.1, 0.15) is 17.3 Å². The highest BCUT2D eigenvalue weighted by Crippen LogP contribution is 2.34. The number of benzene rings is 1. The molecule has 0 fully saturated rings. The smallest absolute Gasteiger partial charge is 0.161 e. The molecule has 7 heteroatoms. The van der Waals surface area contributed by atoms with E-state index >= 15 is 0 Å². The van der Waals surface area contributed by atoms with Crippen molar-refractivity contribution in [3.05, 3.63) is 29.8 Å². The Morgan fingerprint density at radius 1 is 1.36 bits per heavy atom. The Labute approximate surface area is 146 Å². The molecule has 0 aliphatic heterocycles. The molecule has 0 saturated carbocycles. The molecule has 0 radical (unpaired) electrons. The van der Waals surface area contributed by atoms with Crippen LogP contribution < -0.4 is 10.5 Å². The van der Waals surface area contributed by atoms with Gasteiger partial charge in [-0.1, -0.05) is 0 Å². The summed E-state index contributed by atoms with van der Waals surface area (Å²) in [6.45, 7) is 7.74. The van der Waals surface area contributed by atoms with E-state index in [0.717, 1.165) is 22.3 Å². The summed E-state index contributed by atoms with van der Waals surface area (Å²) in [7, 11) is 3.30. The second kappa shape index (κ2) is 6.43. The maximum atomic E-state index is 6.14. The molecule has 3 aromatic rings. The van der Waals surface area contributed by atoms with Crippen LogP contribution in [-0.2, 0) is 0 Å². The molecule has 0 bridgehead atoms. The molecule has 1 aromatic carbocycles. The van der Waals surface area contributed by atoms with Crippen LogP contribution in [0.15, 0.2) is 34.3 Å². The molecule has 25 heavy (non-hydrogen) atoms. The second-order valence-electron chi connectivity index (χ2n) is 5.99. The Morgan fingerprint density at radius 3 is 2.72 bits per heavy atom. The van der Waals surface area contributed by atoms with Crippen molar-refractivity contribution < 1.29 is 4.74 Å². The number of amidine groups is 1. The van der Waals surface area contributed by atoms with Gasteiger partial charge >= 0.3 is 0 Å². The Bertz CT molecular complexity index is 964. The summed E-state index contributed by atoms with van der Waals surface area (Å²) < 4.78 is 7.10. The number of ether oxygens (including phenoxy) is 1. The van der Waals surface area contributed by atoms with Crippen molar-refractivity contribution in [3.63, 3.8) is 0 Å². The Hall–Kier alpha value is -3.09. The number of rotatable bonds is 5. The van der Waals surface area contributed by atoms with Crippen molar-refractivity contribution in [1.29, 1.82) is 0 Å². The van der Waals surface area contributed by atoms with Crippen molar-refractivity contribution in [1.82, 2.24) is 14.8 Å². The van der Waals surface area contributed by atoms with E-state index in [0.29, 0.717) is 22.9 Å². The maximum absolute atomic E-state index is 6.14. The maximum Gasteiger partial charge on any atom is 0.161 e. The third kappa shape index (κ3) is 2.77. The fraction of sp³-hybridized carbons (Fsp3) is 0.278. The first-order chi connectivity index (χ1) is 12.0. The standard InChI is InChI=1S/C18H22N6O/c1-10(2)24-18(21-4)15(17(19)20-3)16(23-24)14-9-11-8-12(25-5)6-7-13(11)22-14/h6-10,22H,4H2,1-3,5H3,(H2,19,20). The summed E-state index contributed by atoms with van der Waals surface area (Å²) in [5, 5.41) is 5.74. The number of nitrogens with one attached hydrogen (secondary N) is 1. The summed E-state index contributed by atoms with van der Waals surface area (Å²) in [4.78, 5) is 11.7. The molecule has 0 aliphatic rings. The number of H-pyrrole nitrogens is 1. The first kappa shape index (κ1) is 16.8. The molecule has 7 nitrogen and oxygen atoms in total. The lowest BCUT2D eigenvalue weighted by atomic mass is 10.1. The molecule has 3 N–H and O–H groups in total. The largest absolute Gasteiger partial charge is 0.497 e. The summed E-state index contributed by atoms with van der Waals surface area (Å²) in [5.41, 5.74) is 9.35. The topological polar surface area (TPSA) is 93.6 Å². The highest BCUT2D eigenvalue weighted by molar-refractivity contribution is 6.07. The van der Waals surface area contributed by atoms with E-state index in [1.807, 2.05) is 42.8 Å². The van der Waals surface area contributed by atoms with Gasteiger partial charge in [-0.05, 0) is 44.8 Å². The van der Waals surface area contributed by atoms with E-state index in [2.05, 4.69) is 21.7 Å². The summed E-state index contributed by atoms with van der Waals surface area (Å²) in [6.07, 6.45) is 0. The van der Waals surface area contributed by atoms with Gasteiger partial charge in [-0.25, -0.2) is 9.67 Å². The number of methoxy groups -OCH3 is 1. The van der Waals surface area contributed by atoms with E-state index in [-0.39, 0.29) is 6.04 Å². The van der Waals surface area contributed by atoms with Gasteiger partial charge < -0.3 is 15.5 Å². The van der Waals surface area contributed by atoms with Gasteiger partial charge in [-0.2, -0.15) is 5.10 Å². The first-order valence-electron chi connectivity index (χ1n) is 7.99. The molecular formula is C18H22N6O. The number of nitrogens with zero attached hydrogens (tertiary/aromatic N) is 4. The minimum atomic E-state index is 0.113. The number of aromatic amines is 1. The first-order valence-corrected chi connectivity index (χ1v) is 7.99. The van der Waals surface area contributed by atoms with Crippen LogP contribution in [0.3, 0.4) is 0 Å². The highest BCUT2D eigenvalue weighted by Gasteiger charge is 2.23. The third-order valence-corrected chi connectivity index (χ3v) is 4.10. The van der Waals surface area contributed by atoms with Crippen LogP contribution in [0.2, 0.25) is 0 Å². The van der Waals surface area contributed by atoms with Gasteiger partial charge in [-0.3, -0.25) is 4.99 Å². The van der Waals surface area contributed by atoms with Crippen molar-refractivity contribution in [3.8, 4) is 17.1 Å². The predicted octanol–water partition coefficient (Wildman–Crippen LogP) is 3.29. The number of aromatic nitrogens is 3. The molecule has 2 heterocycles. The average molecular weight is 338 g/mol. The average Bonchev–Trinajstić information content (AvgIpc) is 3.20. The van der Waals surface area contributed by atoms with Crippen molar-refractivity contribution >= 4 is 29.3 Å². The molecule has 0 unspecified atom stereocenters. The molecule has 3 rings (SSSR count). The van der Waals surface area contributed by atoms with Gasteiger partial charge in [0.05, 0.1) is 18.4 Å². The molecule has 2 aromatic heterocycles. The highest BCUT2D eigenvalue weighted by atomic mass is 16.5. The van der Waals surface area contributed by atoms with Crippen LogP contribution in [-0.4, -0.2) is 41.5 Å². The van der Waals surface area contributed by atoms with E-state index in [4.69, 9.17) is 15.6 Å². The predicted molar refractivity (Wildman–Crippen MR) is 102 cm³/mol.